The fraction of sp³-hybridized carbons (Fsp3) is 0.308. The molecule has 12 heteroatoms. The molecule has 1 atom stereocenters. The van der Waals surface area contributed by atoms with Crippen LogP contribution in [-0.2, 0) is 11.2 Å². The lowest BCUT2D eigenvalue weighted by molar-refractivity contribution is -0.184. The minimum atomic E-state index is -10.1. The van der Waals surface area contributed by atoms with Crippen molar-refractivity contribution >= 4 is 33.1 Å². The van der Waals surface area contributed by atoms with Crippen molar-refractivity contribution in [2.75, 3.05) is 0 Å². The molecule has 0 amide bonds. The zero-order valence-electron chi connectivity index (χ0n) is 12.1. The van der Waals surface area contributed by atoms with Crippen LogP contribution in [0.15, 0.2) is 22.6 Å². The van der Waals surface area contributed by atoms with Crippen molar-refractivity contribution in [1.82, 2.24) is 0 Å². The van der Waals surface area contributed by atoms with E-state index in [-0.39, 0.29) is 18.6 Å². The Balaban J connectivity index is 2.78. The number of aryl methyl sites for hydroxylation is 1. The Morgan fingerprint density at radius 1 is 1.20 bits per heavy atom. The minimum Gasteiger partial charge on any atom is -0.475 e. The highest BCUT2D eigenvalue weighted by Crippen LogP contribution is 3.02. The van der Waals surface area contributed by atoms with Crippen molar-refractivity contribution in [3.63, 3.8) is 0 Å². The highest BCUT2D eigenvalue weighted by atomic mass is 35.5. The monoisotopic (exact) mass is 416 g/mol. The van der Waals surface area contributed by atoms with E-state index in [1.165, 1.54) is 6.92 Å². The maximum atomic E-state index is 13.0. The third kappa shape index (κ3) is 4.02. The van der Waals surface area contributed by atoms with Gasteiger partial charge in [-0.15, -0.1) is 0 Å². The van der Waals surface area contributed by atoms with Gasteiger partial charge in [-0.2, -0.15) is 13.2 Å². The molecule has 142 valence electrons. The minimum absolute atomic E-state index is 0.0508. The van der Waals surface area contributed by atoms with Crippen LogP contribution in [0, 0.1) is 0 Å². The van der Waals surface area contributed by atoms with E-state index < -0.39 is 55.1 Å². The van der Waals surface area contributed by atoms with Crippen molar-refractivity contribution in [2.24, 2.45) is 0 Å². The number of ether oxygens (including phenoxy) is 1. The van der Waals surface area contributed by atoms with Crippen LogP contribution in [-0.4, -0.2) is 17.5 Å². The van der Waals surface area contributed by atoms with Crippen LogP contribution in [0.5, 0.6) is 5.75 Å². The van der Waals surface area contributed by atoms with Gasteiger partial charge < -0.3 is 4.74 Å². The summed E-state index contributed by atoms with van der Waals surface area (Å²) in [6, 6.07) is -0.00234. The second kappa shape index (κ2) is 5.03. The molecular formula is C13H9ClF8O2S. The Bertz CT molecular complexity index is 782. The summed E-state index contributed by atoms with van der Waals surface area (Å²) in [5.74, 6) is -0.655. The molecule has 25 heavy (non-hydrogen) atoms. The molecule has 1 aromatic carbocycles. The van der Waals surface area contributed by atoms with Crippen LogP contribution in [0.25, 0.3) is 6.08 Å². The van der Waals surface area contributed by atoms with E-state index in [4.69, 9.17) is 11.6 Å². The molecule has 1 aromatic rings. The first-order chi connectivity index (χ1) is 10.9. The first-order valence-corrected chi connectivity index (χ1v) is 8.82. The lowest BCUT2D eigenvalue weighted by Crippen LogP contribution is -2.39. The van der Waals surface area contributed by atoms with Crippen molar-refractivity contribution in [2.45, 2.75) is 30.5 Å². The van der Waals surface area contributed by atoms with Gasteiger partial charge >= 0.3 is 16.4 Å². The van der Waals surface area contributed by atoms with Gasteiger partial charge in [0.25, 0.3) is 5.24 Å². The van der Waals surface area contributed by atoms with Crippen molar-refractivity contribution in [1.29, 1.82) is 0 Å². The lowest BCUT2D eigenvalue weighted by Gasteiger charge is -2.41. The van der Waals surface area contributed by atoms with Gasteiger partial charge in [0.2, 0.25) is 6.10 Å². The molecule has 0 saturated carbocycles. The van der Waals surface area contributed by atoms with Gasteiger partial charge in [-0.25, -0.2) is 0 Å². The van der Waals surface area contributed by atoms with Gasteiger partial charge in [0, 0.05) is 5.56 Å². The maximum absolute atomic E-state index is 13.0. The third-order valence-corrected chi connectivity index (χ3v) is 4.69. The number of alkyl halides is 3. The van der Waals surface area contributed by atoms with Crippen molar-refractivity contribution in [3.05, 3.63) is 28.8 Å². The Morgan fingerprint density at radius 2 is 1.76 bits per heavy atom. The SMILES string of the molecule is CCc1cc(S(F)(F)(F)(F)F)cc2c1OC(C(F)(F)F)C(C(=O)Cl)=C2. The van der Waals surface area contributed by atoms with Gasteiger partial charge in [-0.05, 0) is 41.8 Å². The summed E-state index contributed by atoms with van der Waals surface area (Å²) < 4.78 is 109. The molecule has 0 fully saturated rings. The van der Waals surface area contributed by atoms with E-state index in [0.717, 1.165) is 0 Å². The van der Waals surface area contributed by atoms with Crippen LogP contribution in [0.3, 0.4) is 0 Å². The molecule has 1 unspecified atom stereocenters. The molecule has 2 nitrogen and oxygen atoms in total. The smallest absolute Gasteiger partial charge is 0.429 e. The normalized spacial score (nSPS) is 20.7. The maximum Gasteiger partial charge on any atom is 0.429 e. The average molecular weight is 417 g/mol. The Hall–Kier alpha value is -1.49. The first kappa shape index (κ1) is 19.8. The number of carbonyl (C=O) groups is 1. The highest BCUT2D eigenvalue weighted by Gasteiger charge is 2.65. The zero-order chi connectivity index (χ0) is 19.5. The van der Waals surface area contributed by atoms with Gasteiger partial charge in [0.1, 0.15) is 10.6 Å². The molecule has 2 rings (SSSR count). The molecule has 1 heterocycles. The Kier molecular flexibility index (Phi) is 3.99. The average Bonchev–Trinajstić information content (AvgIpc) is 2.40. The summed E-state index contributed by atoms with van der Waals surface area (Å²) in [7, 11) is -10.1. The summed E-state index contributed by atoms with van der Waals surface area (Å²) in [6.07, 6.45) is -7.82. The zero-order valence-corrected chi connectivity index (χ0v) is 13.7. The molecule has 0 saturated heterocycles. The van der Waals surface area contributed by atoms with Crippen molar-refractivity contribution in [3.8, 4) is 5.75 Å². The summed E-state index contributed by atoms with van der Waals surface area (Å²) in [4.78, 5) is 8.89. The second-order valence-corrected chi connectivity index (χ2v) is 7.99. The van der Waals surface area contributed by atoms with E-state index in [2.05, 4.69) is 4.74 Å². The van der Waals surface area contributed by atoms with Gasteiger partial charge in [-0.1, -0.05) is 26.4 Å². The predicted molar refractivity (Wildman–Crippen MR) is 76.5 cm³/mol. The summed E-state index contributed by atoms with van der Waals surface area (Å²) in [5.41, 5.74) is -2.43. The van der Waals surface area contributed by atoms with Crippen LogP contribution in [0.2, 0.25) is 0 Å². The van der Waals surface area contributed by atoms with E-state index >= 15 is 0 Å². The van der Waals surface area contributed by atoms with Crippen molar-refractivity contribution < 1.29 is 42.1 Å². The molecule has 0 bridgehead atoms. The molecule has 0 aliphatic carbocycles. The standard InChI is InChI=1S/C13H9ClF8O2S/c1-2-6-3-8(25(18,19,20,21)22)4-7-5-9(12(14)23)11(13(15,16)17)24-10(6)7/h3-5,11H,2H2,1H3. The fourth-order valence-corrected chi connectivity index (χ4v) is 3.12. The summed E-state index contributed by atoms with van der Waals surface area (Å²) >= 11 is 5.03. The molecule has 1 aliphatic heterocycles. The molecular weight excluding hydrogens is 408 g/mol. The van der Waals surface area contributed by atoms with Gasteiger partial charge in [-0.3, -0.25) is 4.79 Å². The Labute approximate surface area is 141 Å². The predicted octanol–water partition coefficient (Wildman–Crippen LogP) is 6.38. The van der Waals surface area contributed by atoms with E-state index in [9.17, 15) is 37.4 Å². The third-order valence-electron chi connectivity index (χ3n) is 3.35. The number of hydrogen-bond donors (Lipinski definition) is 0. The number of halogens is 9. The van der Waals surface area contributed by atoms with E-state index in [0.29, 0.717) is 6.08 Å². The number of hydrogen-bond acceptors (Lipinski definition) is 2. The first-order valence-electron chi connectivity index (χ1n) is 6.50. The van der Waals surface area contributed by atoms with Crippen LogP contribution in [0.1, 0.15) is 18.1 Å². The summed E-state index contributed by atoms with van der Waals surface area (Å²) in [5, 5.41) is -1.62. The van der Waals surface area contributed by atoms with Gasteiger partial charge in [0.05, 0.1) is 5.57 Å². The fourth-order valence-electron chi connectivity index (χ4n) is 2.25. The second-order valence-electron chi connectivity index (χ2n) is 5.24. The van der Waals surface area contributed by atoms with Gasteiger partial charge in [0.15, 0.2) is 0 Å². The number of rotatable bonds is 3. The number of fused-ring (bicyclic) bond motifs is 1. The molecule has 0 aromatic heterocycles. The molecule has 0 N–H and O–H groups in total. The topological polar surface area (TPSA) is 26.3 Å². The lowest BCUT2D eigenvalue weighted by atomic mass is 9.98. The largest absolute Gasteiger partial charge is 0.475 e. The Morgan fingerprint density at radius 3 is 2.16 bits per heavy atom. The molecule has 0 spiro atoms. The molecule has 0 radical (unpaired) electrons. The van der Waals surface area contributed by atoms with E-state index in [1.54, 1.807) is 0 Å². The quantitative estimate of drug-likeness (QED) is 0.422. The highest BCUT2D eigenvalue weighted by molar-refractivity contribution is 8.45. The van der Waals surface area contributed by atoms with Crippen LogP contribution in [0.4, 0.5) is 32.6 Å². The van der Waals surface area contributed by atoms with Crippen LogP contribution >= 0.6 is 21.8 Å². The number of benzene rings is 1. The van der Waals surface area contributed by atoms with Crippen LogP contribution < -0.4 is 4.74 Å². The number of carbonyl (C=O) groups excluding carboxylic acids is 1. The summed E-state index contributed by atoms with van der Waals surface area (Å²) in [6.45, 7) is 1.25. The van der Waals surface area contributed by atoms with E-state index in [1.807, 2.05) is 0 Å². The molecule has 1 aliphatic rings.